The Hall–Kier alpha value is -2.44. The van der Waals surface area contributed by atoms with Crippen molar-refractivity contribution in [3.05, 3.63) is 30.9 Å². The van der Waals surface area contributed by atoms with Crippen molar-refractivity contribution in [3.8, 4) is 11.4 Å². The van der Waals surface area contributed by atoms with Crippen LogP contribution in [0.5, 0.6) is 0 Å². The molecule has 0 saturated carbocycles. The van der Waals surface area contributed by atoms with Gasteiger partial charge in [0.15, 0.2) is 0 Å². The fourth-order valence-corrected chi connectivity index (χ4v) is 1.72. The summed E-state index contributed by atoms with van der Waals surface area (Å²) in [5.41, 5.74) is 1.26. The molecular formula is C14H20N6O. The van der Waals surface area contributed by atoms with Crippen LogP contribution in [0.3, 0.4) is 0 Å². The fraction of sp³-hybridized carbons (Fsp3) is 0.429. The number of amides is 2. The first-order valence-corrected chi connectivity index (χ1v) is 6.80. The van der Waals surface area contributed by atoms with Gasteiger partial charge in [-0.25, -0.2) is 4.79 Å². The van der Waals surface area contributed by atoms with Crippen molar-refractivity contribution in [2.24, 2.45) is 0 Å². The summed E-state index contributed by atoms with van der Waals surface area (Å²) in [4.78, 5) is 19.8. The van der Waals surface area contributed by atoms with E-state index < -0.39 is 0 Å². The lowest BCUT2D eigenvalue weighted by Gasteiger charge is -2.20. The molecule has 7 nitrogen and oxygen atoms in total. The number of urea groups is 1. The molecule has 112 valence electrons. The lowest BCUT2D eigenvalue weighted by molar-refractivity contribution is 0.231. The molecule has 0 atom stereocenters. The molecule has 0 fully saturated rings. The second-order valence-electron chi connectivity index (χ2n) is 5.69. The lowest BCUT2D eigenvalue weighted by atomic mass is 10.1. The number of hydrogen-bond donors (Lipinski definition) is 2. The normalized spacial score (nSPS) is 11.2. The third-order valence-corrected chi connectivity index (χ3v) is 2.58. The maximum atomic E-state index is 11.6. The molecule has 0 bridgehead atoms. The smallest absolute Gasteiger partial charge is 0.315 e. The zero-order valence-electron chi connectivity index (χ0n) is 12.5. The number of nitrogens with zero attached hydrogens (tertiary/aromatic N) is 4. The molecule has 2 aromatic heterocycles. The van der Waals surface area contributed by atoms with Crippen molar-refractivity contribution in [1.82, 2.24) is 30.4 Å². The van der Waals surface area contributed by atoms with Gasteiger partial charge in [-0.15, -0.1) is 0 Å². The van der Waals surface area contributed by atoms with Crippen LogP contribution in [0.2, 0.25) is 0 Å². The summed E-state index contributed by atoms with van der Waals surface area (Å²) in [6.07, 6.45) is 6.78. The highest BCUT2D eigenvalue weighted by atomic mass is 16.2. The number of nitrogens with one attached hydrogen (secondary N) is 2. The summed E-state index contributed by atoms with van der Waals surface area (Å²) in [6.45, 7) is 6.91. The Morgan fingerprint density at radius 3 is 2.76 bits per heavy atom. The van der Waals surface area contributed by atoms with Crippen LogP contribution in [0.4, 0.5) is 4.79 Å². The first-order chi connectivity index (χ1) is 9.94. The second-order valence-corrected chi connectivity index (χ2v) is 5.69. The molecule has 0 radical (unpaired) electrons. The highest BCUT2D eigenvalue weighted by Gasteiger charge is 2.12. The van der Waals surface area contributed by atoms with Gasteiger partial charge < -0.3 is 10.6 Å². The summed E-state index contributed by atoms with van der Waals surface area (Å²) < 4.78 is 1.77. The zero-order chi connectivity index (χ0) is 15.3. The predicted molar refractivity (Wildman–Crippen MR) is 79.5 cm³/mol. The molecule has 0 aliphatic carbocycles. The maximum Gasteiger partial charge on any atom is 0.315 e. The number of carbonyl (C=O) groups is 1. The molecule has 0 aliphatic rings. The molecular weight excluding hydrogens is 268 g/mol. The Kier molecular flexibility index (Phi) is 4.52. The van der Waals surface area contributed by atoms with Crippen LogP contribution in [-0.4, -0.2) is 37.9 Å². The third-order valence-electron chi connectivity index (χ3n) is 2.58. The molecule has 2 N–H and O–H groups in total. The molecule has 2 rings (SSSR count). The Labute approximate surface area is 123 Å². The zero-order valence-corrected chi connectivity index (χ0v) is 12.5. The minimum absolute atomic E-state index is 0.177. The van der Waals surface area contributed by atoms with Gasteiger partial charge in [0, 0.05) is 30.7 Å². The van der Waals surface area contributed by atoms with Gasteiger partial charge in [0.2, 0.25) is 0 Å². The van der Waals surface area contributed by atoms with Crippen LogP contribution in [0.1, 0.15) is 20.8 Å². The van der Waals surface area contributed by atoms with Crippen LogP contribution < -0.4 is 10.6 Å². The van der Waals surface area contributed by atoms with Crippen LogP contribution in [0.15, 0.2) is 30.9 Å². The van der Waals surface area contributed by atoms with Crippen molar-refractivity contribution < 1.29 is 4.79 Å². The SMILES string of the molecule is CC(C)(C)NC(=O)NCCn1ccc(-c2cnccn2)n1. The van der Waals surface area contributed by atoms with E-state index in [4.69, 9.17) is 0 Å². The molecule has 2 heterocycles. The van der Waals surface area contributed by atoms with Crippen LogP contribution >= 0.6 is 0 Å². The molecule has 21 heavy (non-hydrogen) atoms. The van der Waals surface area contributed by atoms with E-state index in [0.717, 1.165) is 11.4 Å². The Morgan fingerprint density at radius 1 is 1.29 bits per heavy atom. The summed E-state index contributed by atoms with van der Waals surface area (Å²) >= 11 is 0. The van der Waals surface area contributed by atoms with Crippen molar-refractivity contribution in [1.29, 1.82) is 0 Å². The van der Waals surface area contributed by atoms with E-state index in [1.807, 2.05) is 33.0 Å². The quantitative estimate of drug-likeness (QED) is 0.891. The second kappa shape index (κ2) is 6.34. The third kappa shape index (κ3) is 4.87. The van der Waals surface area contributed by atoms with Crippen LogP contribution in [-0.2, 0) is 6.54 Å². The molecule has 2 amide bonds. The van der Waals surface area contributed by atoms with Gasteiger partial charge in [0.1, 0.15) is 11.4 Å². The minimum atomic E-state index is -0.241. The first kappa shape index (κ1) is 15.0. The first-order valence-electron chi connectivity index (χ1n) is 6.80. The minimum Gasteiger partial charge on any atom is -0.336 e. The summed E-state index contributed by atoms with van der Waals surface area (Å²) in [5.74, 6) is 0. The number of hydrogen-bond acceptors (Lipinski definition) is 4. The van der Waals surface area contributed by atoms with Gasteiger partial charge >= 0.3 is 6.03 Å². The molecule has 2 aromatic rings. The van der Waals surface area contributed by atoms with Gasteiger partial charge in [-0.05, 0) is 26.8 Å². The van der Waals surface area contributed by atoms with Crippen molar-refractivity contribution in [2.75, 3.05) is 6.54 Å². The molecule has 7 heteroatoms. The number of rotatable bonds is 4. The molecule has 0 aliphatic heterocycles. The van der Waals surface area contributed by atoms with E-state index in [1.165, 1.54) is 0 Å². The van der Waals surface area contributed by atoms with Gasteiger partial charge in [0.25, 0.3) is 0 Å². The van der Waals surface area contributed by atoms with Crippen LogP contribution in [0, 0.1) is 0 Å². The van der Waals surface area contributed by atoms with Crippen molar-refractivity contribution >= 4 is 6.03 Å². The number of aromatic nitrogens is 4. The summed E-state index contributed by atoms with van der Waals surface area (Å²) in [6, 6.07) is 1.70. The van der Waals surface area contributed by atoms with E-state index in [9.17, 15) is 4.79 Å². The highest BCUT2D eigenvalue weighted by Crippen LogP contribution is 2.11. The van der Waals surface area contributed by atoms with Gasteiger partial charge in [-0.2, -0.15) is 5.10 Å². The van der Waals surface area contributed by atoms with Gasteiger partial charge in [0.05, 0.1) is 12.7 Å². The van der Waals surface area contributed by atoms with Crippen molar-refractivity contribution in [2.45, 2.75) is 32.9 Å². The van der Waals surface area contributed by atoms with Gasteiger partial charge in [-0.3, -0.25) is 14.6 Å². The van der Waals surface area contributed by atoms with Crippen molar-refractivity contribution in [3.63, 3.8) is 0 Å². The average Bonchev–Trinajstić information content (AvgIpc) is 2.86. The Bertz CT molecular complexity index is 587. The molecule has 0 aromatic carbocycles. The maximum absolute atomic E-state index is 11.6. The summed E-state index contributed by atoms with van der Waals surface area (Å²) in [7, 11) is 0. The topological polar surface area (TPSA) is 84.7 Å². The van der Waals surface area contributed by atoms with E-state index in [1.54, 1.807) is 23.3 Å². The number of carbonyl (C=O) groups excluding carboxylic acids is 1. The summed E-state index contributed by atoms with van der Waals surface area (Å²) in [5, 5.41) is 10.0. The van der Waals surface area contributed by atoms with E-state index in [0.29, 0.717) is 13.1 Å². The van der Waals surface area contributed by atoms with Crippen LogP contribution in [0.25, 0.3) is 11.4 Å². The van der Waals surface area contributed by atoms with E-state index >= 15 is 0 Å². The van der Waals surface area contributed by atoms with E-state index in [-0.39, 0.29) is 11.6 Å². The average molecular weight is 288 g/mol. The predicted octanol–water partition coefficient (Wildman–Crippen LogP) is 1.44. The largest absolute Gasteiger partial charge is 0.336 e. The van der Waals surface area contributed by atoms with Gasteiger partial charge in [-0.1, -0.05) is 0 Å². The molecule has 0 unspecified atom stereocenters. The highest BCUT2D eigenvalue weighted by molar-refractivity contribution is 5.74. The van der Waals surface area contributed by atoms with E-state index in [2.05, 4.69) is 25.7 Å². The Morgan fingerprint density at radius 2 is 2.10 bits per heavy atom. The fourth-order valence-electron chi connectivity index (χ4n) is 1.72. The standard InChI is InChI=1S/C14H20N6O/c1-14(2,3)18-13(21)17-7-9-20-8-4-11(19-20)12-10-15-5-6-16-12/h4-6,8,10H,7,9H2,1-3H3,(H2,17,18,21). The monoisotopic (exact) mass is 288 g/mol. The lowest BCUT2D eigenvalue weighted by Crippen LogP contribution is -2.47. The molecule has 0 spiro atoms. The Balaban J connectivity index is 1.83. The molecule has 0 saturated heterocycles.